The van der Waals surface area contributed by atoms with Crippen molar-refractivity contribution in [1.82, 2.24) is 9.97 Å². The highest BCUT2D eigenvalue weighted by Crippen LogP contribution is 2.22. The lowest BCUT2D eigenvalue weighted by atomic mass is 10.1. The SMILES string of the molecule is CCCc1cc(=O)[nH]c(SC(C)C(=O)c2ccc(F)cc2)n1. The summed E-state index contributed by atoms with van der Waals surface area (Å²) < 4.78 is 12.9. The van der Waals surface area contributed by atoms with Gasteiger partial charge in [-0.2, -0.15) is 0 Å². The monoisotopic (exact) mass is 320 g/mol. The number of rotatable bonds is 6. The van der Waals surface area contributed by atoms with Crippen molar-refractivity contribution in [3.05, 3.63) is 57.8 Å². The summed E-state index contributed by atoms with van der Waals surface area (Å²) in [7, 11) is 0. The molecule has 0 bridgehead atoms. The normalized spacial score (nSPS) is 12.1. The molecule has 1 unspecified atom stereocenters. The van der Waals surface area contributed by atoms with E-state index in [4.69, 9.17) is 0 Å². The van der Waals surface area contributed by atoms with E-state index in [0.717, 1.165) is 18.5 Å². The summed E-state index contributed by atoms with van der Waals surface area (Å²) in [5, 5.41) is 0.00407. The van der Waals surface area contributed by atoms with Crippen molar-refractivity contribution >= 4 is 17.5 Å². The number of aryl methyl sites for hydroxylation is 1. The van der Waals surface area contributed by atoms with Gasteiger partial charge in [-0.25, -0.2) is 9.37 Å². The third-order valence-corrected chi connectivity index (χ3v) is 4.05. The maximum absolute atomic E-state index is 12.9. The lowest BCUT2D eigenvalue weighted by Crippen LogP contribution is -2.16. The van der Waals surface area contributed by atoms with E-state index in [0.29, 0.717) is 10.7 Å². The Kier molecular flexibility index (Phi) is 5.49. The molecule has 0 spiro atoms. The Bertz CT molecular complexity index is 713. The summed E-state index contributed by atoms with van der Waals surface area (Å²) in [4.78, 5) is 30.9. The van der Waals surface area contributed by atoms with Crippen LogP contribution in [0.15, 0.2) is 40.3 Å². The summed E-state index contributed by atoms with van der Waals surface area (Å²) in [6.07, 6.45) is 1.61. The molecule has 1 heterocycles. The van der Waals surface area contributed by atoms with E-state index in [-0.39, 0.29) is 17.2 Å². The van der Waals surface area contributed by atoms with Gasteiger partial charge in [0.1, 0.15) is 5.82 Å². The summed E-state index contributed by atoms with van der Waals surface area (Å²) in [5.74, 6) is -0.510. The van der Waals surface area contributed by atoms with Gasteiger partial charge in [0.2, 0.25) is 0 Å². The predicted molar refractivity (Wildman–Crippen MR) is 84.9 cm³/mol. The number of ketones is 1. The molecule has 0 amide bonds. The predicted octanol–water partition coefficient (Wildman–Crippen LogP) is 3.23. The number of nitrogens with one attached hydrogen (secondary N) is 1. The number of hydrogen-bond acceptors (Lipinski definition) is 4. The third kappa shape index (κ3) is 4.27. The maximum Gasteiger partial charge on any atom is 0.251 e. The molecule has 1 aromatic carbocycles. The molecule has 0 radical (unpaired) electrons. The maximum atomic E-state index is 12.9. The molecule has 0 aliphatic rings. The number of nitrogens with zero attached hydrogens (tertiary/aromatic N) is 1. The standard InChI is InChI=1S/C16H17FN2O2S/c1-3-4-13-9-14(20)19-16(18-13)22-10(2)15(21)11-5-7-12(17)8-6-11/h5-10H,3-4H2,1-2H3,(H,18,19,20). The van der Waals surface area contributed by atoms with E-state index in [9.17, 15) is 14.0 Å². The lowest BCUT2D eigenvalue weighted by Gasteiger charge is -2.10. The molecule has 2 aromatic rings. The zero-order chi connectivity index (χ0) is 16.1. The average molecular weight is 320 g/mol. The fourth-order valence-electron chi connectivity index (χ4n) is 1.99. The second-order valence-electron chi connectivity index (χ2n) is 4.92. The van der Waals surface area contributed by atoms with E-state index in [2.05, 4.69) is 9.97 Å². The average Bonchev–Trinajstić information content (AvgIpc) is 2.47. The smallest absolute Gasteiger partial charge is 0.251 e. The van der Waals surface area contributed by atoms with Gasteiger partial charge in [0, 0.05) is 17.3 Å². The first kappa shape index (κ1) is 16.4. The second kappa shape index (κ2) is 7.35. The number of aromatic nitrogens is 2. The number of halogens is 1. The van der Waals surface area contributed by atoms with Gasteiger partial charge in [-0.3, -0.25) is 9.59 Å². The van der Waals surface area contributed by atoms with Gasteiger partial charge in [-0.05, 0) is 37.6 Å². The Morgan fingerprint density at radius 3 is 2.68 bits per heavy atom. The van der Waals surface area contributed by atoms with Crippen molar-refractivity contribution in [3.8, 4) is 0 Å². The van der Waals surface area contributed by atoms with Crippen molar-refractivity contribution < 1.29 is 9.18 Å². The summed E-state index contributed by atoms with van der Waals surface area (Å²) in [6.45, 7) is 3.75. The molecule has 2 rings (SSSR count). The minimum Gasteiger partial charge on any atom is -0.301 e. The highest BCUT2D eigenvalue weighted by molar-refractivity contribution is 8.00. The Morgan fingerprint density at radius 1 is 1.36 bits per heavy atom. The molecule has 6 heteroatoms. The van der Waals surface area contributed by atoms with E-state index >= 15 is 0 Å². The summed E-state index contributed by atoms with van der Waals surface area (Å²) >= 11 is 1.19. The largest absolute Gasteiger partial charge is 0.301 e. The highest BCUT2D eigenvalue weighted by Gasteiger charge is 2.18. The topological polar surface area (TPSA) is 62.8 Å². The molecule has 0 fully saturated rings. The molecule has 1 N–H and O–H groups in total. The van der Waals surface area contributed by atoms with E-state index in [1.807, 2.05) is 6.92 Å². The zero-order valence-electron chi connectivity index (χ0n) is 12.4. The van der Waals surface area contributed by atoms with Gasteiger partial charge in [-0.15, -0.1) is 0 Å². The Hall–Kier alpha value is -1.95. The van der Waals surface area contributed by atoms with Crippen molar-refractivity contribution in [3.63, 3.8) is 0 Å². The molecule has 0 saturated heterocycles. The van der Waals surface area contributed by atoms with Gasteiger partial charge < -0.3 is 4.98 Å². The summed E-state index contributed by atoms with van der Waals surface area (Å²) in [6, 6.07) is 6.90. The molecule has 1 atom stereocenters. The molecule has 4 nitrogen and oxygen atoms in total. The third-order valence-electron chi connectivity index (χ3n) is 3.07. The number of carbonyl (C=O) groups is 1. The number of thioether (sulfide) groups is 1. The number of carbonyl (C=O) groups excluding carboxylic acids is 1. The molecule has 0 aliphatic carbocycles. The fourth-order valence-corrected chi connectivity index (χ4v) is 2.90. The Balaban J connectivity index is 2.14. The minimum absolute atomic E-state index is 0.131. The van der Waals surface area contributed by atoms with Crippen molar-refractivity contribution in [2.24, 2.45) is 0 Å². The Morgan fingerprint density at radius 2 is 2.05 bits per heavy atom. The van der Waals surface area contributed by atoms with E-state index < -0.39 is 5.25 Å². The van der Waals surface area contributed by atoms with Gasteiger partial charge in [-0.1, -0.05) is 25.1 Å². The van der Waals surface area contributed by atoms with Crippen LogP contribution in [0.3, 0.4) is 0 Å². The number of aromatic amines is 1. The van der Waals surface area contributed by atoms with Crippen LogP contribution in [0.4, 0.5) is 4.39 Å². The van der Waals surface area contributed by atoms with Gasteiger partial charge >= 0.3 is 0 Å². The van der Waals surface area contributed by atoms with Crippen LogP contribution >= 0.6 is 11.8 Å². The van der Waals surface area contributed by atoms with Crippen LogP contribution in [0.1, 0.15) is 36.3 Å². The molecule has 22 heavy (non-hydrogen) atoms. The quantitative estimate of drug-likeness (QED) is 0.504. The molecule has 0 saturated carbocycles. The first-order valence-corrected chi connectivity index (χ1v) is 7.94. The van der Waals surface area contributed by atoms with Crippen LogP contribution in [-0.2, 0) is 6.42 Å². The molecule has 0 aliphatic heterocycles. The van der Waals surface area contributed by atoms with Crippen LogP contribution < -0.4 is 5.56 Å². The first-order chi connectivity index (χ1) is 10.5. The van der Waals surface area contributed by atoms with Crippen molar-refractivity contribution in [2.75, 3.05) is 0 Å². The number of hydrogen-bond donors (Lipinski definition) is 1. The van der Waals surface area contributed by atoms with Crippen LogP contribution in [-0.4, -0.2) is 21.0 Å². The molecular formula is C16H17FN2O2S. The van der Waals surface area contributed by atoms with Crippen LogP contribution in [0.2, 0.25) is 0 Å². The van der Waals surface area contributed by atoms with Gasteiger partial charge in [0.15, 0.2) is 10.9 Å². The van der Waals surface area contributed by atoms with E-state index in [1.54, 1.807) is 6.92 Å². The van der Waals surface area contributed by atoms with Crippen molar-refractivity contribution in [2.45, 2.75) is 37.1 Å². The molecule has 1 aromatic heterocycles. The molecule has 116 valence electrons. The van der Waals surface area contributed by atoms with Crippen LogP contribution in [0, 0.1) is 5.82 Å². The Labute approximate surface area is 132 Å². The van der Waals surface area contributed by atoms with Crippen molar-refractivity contribution in [1.29, 1.82) is 0 Å². The lowest BCUT2D eigenvalue weighted by molar-refractivity contribution is 0.0994. The number of Topliss-reactive ketones (excluding diaryl/α,β-unsaturated/α-hetero) is 1. The van der Waals surface area contributed by atoms with E-state index in [1.165, 1.54) is 42.1 Å². The van der Waals surface area contributed by atoms with Gasteiger partial charge in [0.25, 0.3) is 5.56 Å². The zero-order valence-corrected chi connectivity index (χ0v) is 13.2. The number of benzene rings is 1. The van der Waals surface area contributed by atoms with Gasteiger partial charge in [0.05, 0.1) is 5.25 Å². The van der Waals surface area contributed by atoms with Crippen LogP contribution in [0.5, 0.6) is 0 Å². The highest BCUT2D eigenvalue weighted by atomic mass is 32.2. The minimum atomic E-state index is -0.425. The van der Waals surface area contributed by atoms with Crippen LogP contribution in [0.25, 0.3) is 0 Å². The second-order valence-corrected chi connectivity index (χ2v) is 6.25. The fraction of sp³-hybridized carbons (Fsp3) is 0.312. The first-order valence-electron chi connectivity index (χ1n) is 7.06. The summed E-state index contributed by atoms with van der Waals surface area (Å²) in [5.41, 5.74) is 0.936. The number of H-pyrrole nitrogens is 1. The molecular weight excluding hydrogens is 303 g/mol.